The Morgan fingerprint density at radius 3 is 2.68 bits per heavy atom. The SMILES string of the molecule is CC1=C[C@@H](O)C[C@H](O)Cc2nc(co2)C(=O)N2CCC=C2C(=O)O[C@H](C(C)C)[C@H](C)/C=C/C(=O)NCC=C1. The van der Waals surface area contributed by atoms with Crippen molar-refractivity contribution in [2.75, 3.05) is 13.1 Å². The van der Waals surface area contributed by atoms with Crippen molar-refractivity contribution in [1.82, 2.24) is 15.2 Å². The summed E-state index contributed by atoms with van der Waals surface area (Å²) < 4.78 is 11.2. The van der Waals surface area contributed by atoms with E-state index in [0.717, 1.165) is 5.57 Å². The third-order valence-corrected chi connectivity index (χ3v) is 6.33. The van der Waals surface area contributed by atoms with Crippen molar-refractivity contribution >= 4 is 17.8 Å². The summed E-state index contributed by atoms with van der Waals surface area (Å²) in [6.45, 7) is 8.08. The number of fused-ring (bicyclic) bond motifs is 3. The standard InChI is InChI=1S/C28H37N3O7/c1-17(2)26-19(4)9-10-24(34)29-11-5-7-18(3)13-20(32)14-21(33)15-25-30-22(16-37-25)27(35)31-12-6-8-23(31)28(36)38-26/h5,7-10,13,16-17,19-21,26,32-33H,6,11-12,14-15H2,1-4H3,(H,29,34)/b7-5?,10-9+,18-13?/t19-,20-,21+,26-/m1/s1. The zero-order valence-electron chi connectivity index (χ0n) is 22.3. The van der Waals surface area contributed by atoms with Gasteiger partial charge in [0.1, 0.15) is 18.1 Å². The van der Waals surface area contributed by atoms with E-state index in [0.29, 0.717) is 13.0 Å². The normalized spacial score (nSPS) is 27.3. The number of cyclic esters (lactones) is 1. The minimum Gasteiger partial charge on any atom is -0.457 e. The second-order valence-electron chi connectivity index (χ2n) is 10.0. The third kappa shape index (κ3) is 8.00. The van der Waals surface area contributed by atoms with Crippen LogP contribution in [-0.2, 0) is 20.7 Å². The molecule has 3 N–H and O–H groups in total. The number of nitrogens with zero attached hydrogens (tertiary/aromatic N) is 2. The molecule has 38 heavy (non-hydrogen) atoms. The molecule has 0 fully saturated rings. The molecule has 3 heterocycles. The van der Waals surface area contributed by atoms with Gasteiger partial charge in [-0.3, -0.25) is 9.59 Å². The van der Waals surface area contributed by atoms with Gasteiger partial charge in [-0.15, -0.1) is 0 Å². The minimum atomic E-state index is -0.959. The molecule has 10 nitrogen and oxygen atoms in total. The Bertz CT molecular complexity index is 1130. The van der Waals surface area contributed by atoms with Crippen LogP contribution in [0.2, 0.25) is 0 Å². The number of carbonyl (C=O) groups excluding carboxylic acids is 3. The van der Waals surface area contributed by atoms with Crippen LogP contribution in [0.15, 0.2) is 58.4 Å². The highest BCUT2D eigenvalue weighted by atomic mass is 16.5. The molecule has 1 aromatic rings. The molecule has 4 atom stereocenters. The van der Waals surface area contributed by atoms with Crippen LogP contribution < -0.4 is 5.32 Å². The Balaban J connectivity index is 1.86. The van der Waals surface area contributed by atoms with Gasteiger partial charge in [0.25, 0.3) is 5.91 Å². The van der Waals surface area contributed by atoms with E-state index in [-0.39, 0.29) is 54.4 Å². The molecule has 2 bridgehead atoms. The monoisotopic (exact) mass is 527 g/mol. The Kier molecular flexibility index (Phi) is 10.2. The first kappa shape index (κ1) is 29.1. The van der Waals surface area contributed by atoms with E-state index in [1.807, 2.05) is 20.8 Å². The summed E-state index contributed by atoms with van der Waals surface area (Å²) >= 11 is 0. The number of esters is 1. The maximum Gasteiger partial charge on any atom is 0.355 e. The molecule has 2 aliphatic heterocycles. The lowest BCUT2D eigenvalue weighted by Gasteiger charge is -2.27. The Labute approximate surface area is 222 Å². The van der Waals surface area contributed by atoms with Gasteiger partial charge in [-0.2, -0.15) is 0 Å². The molecule has 1 aromatic heterocycles. The number of oxazole rings is 1. The van der Waals surface area contributed by atoms with E-state index in [1.54, 1.807) is 37.3 Å². The first-order valence-corrected chi connectivity index (χ1v) is 12.9. The third-order valence-electron chi connectivity index (χ3n) is 6.33. The summed E-state index contributed by atoms with van der Waals surface area (Å²) in [7, 11) is 0. The molecule has 2 aliphatic rings. The summed E-state index contributed by atoms with van der Waals surface area (Å²) in [6.07, 6.45) is 9.22. The maximum atomic E-state index is 13.1. The Hall–Kier alpha value is -3.50. The van der Waals surface area contributed by atoms with E-state index >= 15 is 0 Å². The predicted octanol–water partition coefficient (Wildman–Crippen LogP) is 2.45. The average molecular weight is 528 g/mol. The van der Waals surface area contributed by atoms with Gasteiger partial charge in [0.15, 0.2) is 11.6 Å². The van der Waals surface area contributed by atoms with Gasteiger partial charge >= 0.3 is 5.97 Å². The zero-order valence-corrected chi connectivity index (χ0v) is 22.3. The number of nitrogens with one attached hydrogen (secondary N) is 1. The zero-order chi connectivity index (χ0) is 27.8. The van der Waals surface area contributed by atoms with Crippen LogP contribution >= 0.6 is 0 Å². The number of allylic oxidation sites excluding steroid dienone is 2. The first-order chi connectivity index (χ1) is 18.0. The predicted molar refractivity (Wildman–Crippen MR) is 140 cm³/mol. The smallest absolute Gasteiger partial charge is 0.355 e. The van der Waals surface area contributed by atoms with E-state index < -0.39 is 30.2 Å². The second-order valence-corrected chi connectivity index (χ2v) is 10.0. The van der Waals surface area contributed by atoms with E-state index in [2.05, 4.69) is 10.3 Å². The molecule has 0 saturated carbocycles. The maximum absolute atomic E-state index is 13.1. The number of amides is 2. The molecule has 0 spiro atoms. The van der Waals surface area contributed by atoms with Crippen molar-refractivity contribution < 1.29 is 33.8 Å². The number of hydrogen-bond acceptors (Lipinski definition) is 8. The summed E-state index contributed by atoms with van der Waals surface area (Å²) in [4.78, 5) is 44.0. The number of aliphatic hydroxyl groups excluding tert-OH is 2. The molecule has 0 aromatic carbocycles. The minimum absolute atomic E-state index is 0.00476. The fourth-order valence-electron chi connectivity index (χ4n) is 4.44. The van der Waals surface area contributed by atoms with E-state index in [9.17, 15) is 24.6 Å². The first-order valence-electron chi connectivity index (χ1n) is 12.9. The number of rotatable bonds is 1. The van der Waals surface area contributed by atoms with Gasteiger partial charge in [-0.05, 0) is 25.3 Å². The molecular formula is C28H37N3O7. The van der Waals surface area contributed by atoms with Gasteiger partial charge in [0, 0.05) is 25.4 Å². The van der Waals surface area contributed by atoms with Crippen LogP contribution in [0.4, 0.5) is 0 Å². The van der Waals surface area contributed by atoms with Crippen molar-refractivity contribution in [3.8, 4) is 0 Å². The number of ether oxygens (including phenoxy) is 1. The molecule has 206 valence electrons. The van der Waals surface area contributed by atoms with Gasteiger partial charge in [0.2, 0.25) is 5.91 Å². The van der Waals surface area contributed by atoms with Crippen molar-refractivity contribution in [3.63, 3.8) is 0 Å². The number of aromatic nitrogens is 1. The summed E-state index contributed by atoms with van der Waals surface area (Å²) in [6, 6.07) is 0. The Morgan fingerprint density at radius 2 is 1.95 bits per heavy atom. The summed E-state index contributed by atoms with van der Waals surface area (Å²) in [5.41, 5.74) is 0.909. The molecule has 3 rings (SSSR count). The number of aliphatic hydroxyl groups is 2. The van der Waals surface area contributed by atoms with Crippen LogP contribution in [0.5, 0.6) is 0 Å². The van der Waals surface area contributed by atoms with Gasteiger partial charge in [0.05, 0.1) is 18.6 Å². The van der Waals surface area contributed by atoms with Gasteiger partial charge in [-0.25, -0.2) is 9.78 Å². The summed E-state index contributed by atoms with van der Waals surface area (Å²) in [5, 5.41) is 23.5. The lowest BCUT2D eigenvalue weighted by atomic mass is 9.94. The highest BCUT2D eigenvalue weighted by Gasteiger charge is 2.33. The lowest BCUT2D eigenvalue weighted by molar-refractivity contribution is -0.149. The lowest BCUT2D eigenvalue weighted by Crippen LogP contribution is -2.36. The Morgan fingerprint density at radius 1 is 1.18 bits per heavy atom. The highest BCUT2D eigenvalue weighted by molar-refractivity contribution is 6.00. The van der Waals surface area contributed by atoms with Crippen molar-refractivity contribution in [3.05, 3.63) is 65.6 Å². The molecule has 0 unspecified atom stereocenters. The van der Waals surface area contributed by atoms with Crippen LogP contribution in [0, 0.1) is 11.8 Å². The topological polar surface area (TPSA) is 142 Å². The van der Waals surface area contributed by atoms with Crippen molar-refractivity contribution in [2.45, 2.75) is 65.3 Å². The average Bonchev–Trinajstić information content (AvgIpc) is 3.52. The van der Waals surface area contributed by atoms with Crippen LogP contribution in [0.3, 0.4) is 0 Å². The van der Waals surface area contributed by atoms with E-state index in [4.69, 9.17) is 9.15 Å². The quantitative estimate of drug-likeness (QED) is 0.473. The summed E-state index contributed by atoms with van der Waals surface area (Å²) in [5.74, 6) is -1.58. The van der Waals surface area contributed by atoms with Crippen LogP contribution in [0.25, 0.3) is 0 Å². The number of hydrogen-bond donors (Lipinski definition) is 3. The molecule has 0 saturated heterocycles. The molecule has 10 heteroatoms. The van der Waals surface area contributed by atoms with Gasteiger partial charge < -0.3 is 29.6 Å². The van der Waals surface area contributed by atoms with Crippen LogP contribution in [0.1, 0.15) is 56.9 Å². The largest absolute Gasteiger partial charge is 0.457 e. The fourth-order valence-corrected chi connectivity index (χ4v) is 4.44. The molecule has 2 amide bonds. The number of carbonyl (C=O) groups is 3. The molecule has 0 radical (unpaired) electrons. The van der Waals surface area contributed by atoms with Crippen molar-refractivity contribution in [2.24, 2.45) is 11.8 Å². The highest BCUT2D eigenvalue weighted by Crippen LogP contribution is 2.24. The molecule has 0 aliphatic carbocycles. The fraction of sp³-hybridized carbons (Fsp3) is 0.500. The van der Waals surface area contributed by atoms with Gasteiger partial charge in [-0.1, -0.05) is 56.7 Å². The second kappa shape index (κ2) is 13.3. The van der Waals surface area contributed by atoms with Crippen molar-refractivity contribution in [1.29, 1.82) is 0 Å². The van der Waals surface area contributed by atoms with E-state index in [1.165, 1.54) is 17.2 Å². The molecular weight excluding hydrogens is 490 g/mol. The van der Waals surface area contributed by atoms with Crippen LogP contribution in [-0.4, -0.2) is 69.3 Å².